The third-order valence-corrected chi connectivity index (χ3v) is 3.58. The Kier molecular flexibility index (Phi) is 4.20. The fourth-order valence-corrected chi connectivity index (χ4v) is 2.50. The van der Waals surface area contributed by atoms with Crippen LogP contribution < -0.4 is 5.32 Å². The van der Waals surface area contributed by atoms with Crippen molar-refractivity contribution in [1.29, 1.82) is 0 Å². The second-order valence-electron chi connectivity index (χ2n) is 4.52. The predicted molar refractivity (Wildman–Crippen MR) is 77.3 cm³/mol. The maximum absolute atomic E-state index is 13.7. The molecule has 1 N–H and O–H groups in total. The summed E-state index contributed by atoms with van der Waals surface area (Å²) in [5.74, 6) is -0.849. The predicted octanol–water partition coefficient (Wildman–Crippen LogP) is 5.21. The first-order valence-corrected chi connectivity index (χ1v) is 6.74. The van der Waals surface area contributed by atoms with Crippen LogP contribution in [0.2, 0.25) is 0 Å². The number of anilines is 1. The summed E-state index contributed by atoms with van der Waals surface area (Å²) < 4.78 is 27.7. The first-order chi connectivity index (χ1) is 8.97. The molecule has 1 nitrogen and oxygen atoms in total. The molecule has 2 aromatic rings. The summed E-state index contributed by atoms with van der Waals surface area (Å²) in [6.07, 6.45) is 0. The summed E-state index contributed by atoms with van der Waals surface area (Å²) in [6.45, 7) is 3.79. The lowest BCUT2D eigenvalue weighted by Gasteiger charge is -2.18. The first kappa shape index (κ1) is 14.0. The van der Waals surface area contributed by atoms with Crippen LogP contribution in [0, 0.1) is 18.6 Å². The van der Waals surface area contributed by atoms with Crippen LogP contribution in [-0.2, 0) is 0 Å². The van der Waals surface area contributed by atoms with Crippen molar-refractivity contribution in [2.24, 2.45) is 0 Å². The van der Waals surface area contributed by atoms with Gasteiger partial charge in [0.05, 0.1) is 6.04 Å². The van der Waals surface area contributed by atoms with Gasteiger partial charge in [0.1, 0.15) is 11.6 Å². The lowest BCUT2D eigenvalue weighted by atomic mass is 10.1. The zero-order chi connectivity index (χ0) is 14.0. The Morgan fingerprint density at radius 1 is 1.11 bits per heavy atom. The van der Waals surface area contributed by atoms with E-state index in [2.05, 4.69) is 21.2 Å². The van der Waals surface area contributed by atoms with Crippen molar-refractivity contribution in [3.05, 3.63) is 63.6 Å². The largest absolute Gasteiger partial charge is 0.377 e. The summed E-state index contributed by atoms with van der Waals surface area (Å²) >= 11 is 3.45. The molecule has 0 spiro atoms. The van der Waals surface area contributed by atoms with Gasteiger partial charge in [0.2, 0.25) is 0 Å². The van der Waals surface area contributed by atoms with E-state index in [1.807, 2.05) is 25.1 Å². The van der Waals surface area contributed by atoms with Crippen molar-refractivity contribution < 1.29 is 8.78 Å². The molecule has 0 heterocycles. The van der Waals surface area contributed by atoms with E-state index in [1.165, 1.54) is 6.07 Å². The second kappa shape index (κ2) is 5.70. The molecule has 0 aliphatic rings. The molecule has 2 rings (SSSR count). The Bertz CT molecular complexity index is 599. The van der Waals surface area contributed by atoms with Gasteiger partial charge in [-0.25, -0.2) is 8.78 Å². The van der Waals surface area contributed by atoms with E-state index in [1.54, 1.807) is 6.92 Å². The number of halogens is 3. The lowest BCUT2D eigenvalue weighted by Crippen LogP contribution is -2.09. The van der Waals surface area contributed by atoms with Crippen molar-refractivity contribution in [3.8, 4) is 0 Å². The van der Waals surface area contributed by atoms with Gasteiger partial charge in [0.25, 0.3) is 0 Å². The molecule has 1 atom stereocenters. The van der Waals surface area contributed by atoms with Crippen LogP contribution in [0.15, 0.2) is 40.9 Å². The lowest BCUT2D eigenvalue weighted by molar-refractivity contribution is 0.577. The van der Waals surface area contributed by atoms with Crippen molar-refractivity contribution in [2.75, 3.05) is 5.32 Å². The van der Waals surface area contributed by atoms with Gasteiger partial charge in [0.15, 0.2) is 0 Å². The minimum absolute atomic E-state index is 0.312. The molecular formula is C15H14BrF2N. The molecule has 0 aromatic heterocycles. The van der Waals surface area contributed by atoms with Gasteiger partial charge in [0, 0.05) is 15.7 Å². The third-order valence-electron chi connectivity index (χ3n) is 2.92. The monoisotopic (exact) mass is 325 g/mol. The number of nitrogens with one attached hydrogen (secondary N) is 1. The molecule has 0 bridgehead atoms. The standard InChI is InChI=1S/C15H14BrF2N/c1-9-3-6-15(13(16)7-9)19-10(2)12-8-11(17)4-5-14(12)18/h3-8,10,19H,1-2H3. The highest BCUT2D eigenvalue weighted by Crippen LogP contribution is 2.28. The van der Waals surface area contributed by atoms with Crippen LogP contribution >= 0.6 is 15.9 Å². The minimum Gasteiger partial charge on any atom is -0.377 e. The topological polar surface area (TPSA) is 12.0 Å². The van der Waals surface area contributed by atoms with Crippen molar-refractivity contribution in [1.82, 2.24) is 0 Å². The zero-order valence-electron chi connectivity index (χ0n) is 10.7. The Balaban J connectivity index is 2.25. The normalized spacial score (nSPS) is 12.3. The molecule has 1 unspecified atom stereocenters. The van der Waals surface area contributed by atoms with E-state index in [9.17, 15) is 8.78 Å². The minimum atomic E-state index is -0.437. The van der Waals surface area contributed by atoms with E-state index in [0.29, 0.717) is 5.56 Å². The number of benzene rings is 2. The second-order valence-corrected chi connectivity index (χ2v) is 5.37. The number of hydrogen-bond donors (Lipinski definition) is 1. The van der Waals surface area contributed by atoms with Gasteiger partial charge in [-0.05, 0) is 65.7 Å². The molecule has 0 saturated carbocycles. The zero-order valence-corrected chi connectivity index (χ0v) is 12.3. The molecule has 0 aliphatic carbocycles. The van der Waals surface area contributed by atoms with Gasteiger partial charge in [-0.3, -0.25) is 0 Å². The molecular weight excluding hydrogens is 312 g/mol. The van der Waals surface area contributed by atoms with Gasteiger partial charge in [-0.2, -0.15) is 0 Å². The highest BCUT2D eigenvalue weighted by atomic mass is 79.9. The Labute approximate surface area is 119 Å². The summed E-state index contributed by atoms with van der Waals surface area (Å²) in [5.41, 5.74) is 2.29. The average Bonchev–Trinajstić information content (AvgIpc) is 2.35. The number of hydrogen-bond acceptors (Lipinski definition) is 1. The van der Waals surface area contributed by atoms with Gasteiger partial charge in [-0.1, -0.05) is 6.07 Å². The fourth-order valence-electron chi connectivity index (χ4n) is 1.89. The highest BCUT2D eigenvalue weighted by Gasteiger charge is 2.13. The third kappa shape index (κ3) is 3.32. The molecule has 4 heteroatoms. The summed E-state index contributed by atoms with van der Waals surface area (Å²) in [6, 6.07) is 9.00. The molecule has 0 saturated heterocycles. The van der Waals surface area contributed by atoms with Crippen LogP contribution in [0.5, 0.6) is 0 Å². The average molecular weight is 326 g/mol. The quantitative estimate of drug-likeness (QED) is 0.816. The van der Waals surface area contributed by atoms with Gasteiger partial charge >= 0.3 is 0 Å². The fraction of sp³-hybridized carbons (Fsp3) is 0.200. The summed E-state index contributed by atoms with van der Waals surface area (Å²) in [4.78, 5) is 0. The Hall–Kier alpha value is -1.42. The molecule has 2 aromatic carbocycles. The van der Waals surface area contributed by atoms with Crippen LogP contribution in [0.4, 0.5) is 14.5 Å². The highest BCUT2D eigenvalue weighted by molar-refractivity contribution is 9.10. The number of rotatable bonds is 3. The van der Waals surface area contributed by atoms with Crippen LogP contribution in [-0.4, -0.2) is 0 Å². The van der Waals surface area contributed by atoms with E-state index in [-0.39, 0.29) is 6.04 Å². The van der Waals surface area contributed by atoms with E-state index in [0.717, 1.165) is 27.9 Å². The van der Waals surface area contributed by atoms with Crippen LogP contribution in [0.25, 0.3) is 0 Å². The van der Waals surface area contributed by atoms with E-state index < -0.39 is 11.6 Å². The summed E-state index contributed by atoms with van der Waals surface area (Å²) in [5, 5.41) is 3.17. The van der Waals surface area contributed by atoms with Crippen molar-refractivity contribution >= 4 is 21.6 Å². The van der Waals surface area contributed by atoms with Crippen molar-refractivity contribution in [3.63, 3.8) is 0 Å². The molecule has 0 radical (unpaired) electrons. The maximum Gasteiger partial charge on any atom is 0.128 e. The Morgan fingerprint density at radius 3 is 2.53 bits per heavy atom. The Morgan fingerprint density at radius 2 is 1.84 bits per heavy atom. The van der Waals surface area contributed by atoms with E-state index >= 15 is 0 Å². The van der Waals surface area contributed by atoms with Crippen molar-refractivity contribution in [2.45, 2.75) is 19.9 Å². The van der Waals surface area contributed by atoms with Gasteiger partial charge < -0.3 is 5.32 Å². The first-order valence-electron chi connectivity index (χ1n) is 5.95. The smallest absolute Gasteiger partial charge is 0.128 e. The molecule has 19 heavy (non-hydrogen) atoms. The molecule has 100 valence electrons. The number of aryl methyl sites for hydroxylation is 1. The SMILES string of the molecule is Cc1ccc(NC(C)c2cc(F)ccc2F)c(Br)c1. The molecule has 0 fully saturated rings. The molecule has 0 amide bonds. The van der Waals surface area contributed by atoms with E-state index in [4.69, 9.17) is 0 Å². The molecule has 0 aliphatic heterocycles. The van der Waals surface area contributed by atoms with Gasteiger partial charge in [-0.15, -0.1) is 0 Å². The van der Waals surface area contributed by atoms with Crippen LogP contribution in [0.1, 0.15) is 24.1 Å². The van der Waals surface area contributed by atoms with Crippen LogP contribution in [0.3, 0.4) is 0 Å². The summed E-state index contributed by atoms with van der Waals surface area (Å²) in [7, 11) is 0. The maximum atomic E-state index is 13.7.